The first-order valence-corrected chi connectivity index (χ1v) is 26.7. The van der Waals surface area contributed by atoms with Crippen molar-refractivity contribution in [1.29, 1.82) is 0 Å². The van der Waals surface area contributed by atoms with Crippen LogP contribution in [-0.2, 0) is 68.1 Å². The first-order valence-electron chi connectivity index (χ1n) is 21.3. The molecule has 2 aromatic carbocycles. The molecule has 2 heterocycles. The van der Waals surface area contributed by atoms with Gasteiger partial charge >= 0.3 is 30.9 Å². The van der Waals surface area contributed by atoms with E-state index in [4.69, 9.17) is 40.7 Å². The van der Waals surface area contributed by atoms with Crippen LogP contribution < -0.4 is 0 Å². The van der Waals surface area contributed by atoms with Gasteiger partial charge in [0.2, 0.25) is 0 Å². The van der Waals surface area contributed by atoms with Gasteiger partial charge in [-0.15, -0.1) is 0 Å². The lowest BCUT2D eigenvalue weighted by atomic mass is 9.85. The third kappa shape index (κ3) is 9.83. The van der Waals surface area contributed by atoms with Gasteiger partial charge < -0.3 is 32.0 Å². The molecule has 0 amide bonds. The van der Waals surface area contributed by atoms with Gasteiger partial charge in [-0.25, -0.2) is 4.57 Å². The Morgan fingerprint density at radius 3 is 1.64 bits per heavy atom. The van der Waals surface area contributed by atoms with E-state index in [1.54, 1.807) is 0 Å². The van der Waals surface area contributed by atoms with E-state index >= 15 is 4.57 Å². The van der Waals surface area contributed by atoms with Crippen molar-refractivity contribution in [3.05, 3.63) is 71.8 Å². The molecule has 2 saturated heterocycles. The molecule has 6 atom stereocenters. The number of benzene rings is 2. The molecule has 2 aliphatic heterocycles. The van der Waals surface area contributed by atoms with Crippen LogP contribution in [0.2, 0.25) is 22.2 Å². The van der Waals surface area contributed by atoms with Crippen molar-refractivity contribution in [2.75, 3.05) is 0 Å². The van der Waals surface area contributed by atoms with Crippen LogP contribution in [0.4, 0.5) is 0 Å². The molecule has 6 rings (SSSR count). The van der Waals surface area contributed by atoms with E-state index in [1.165, 1.54) is 6.92 Å². The summed E-state index contributed by atoms with van der Waals surface area (Å²) in [6, 6.07) is 18.7. The number of phosphoric acid groups is 1. The SMILES string of the molecule is CC(=O)CCC(=O)O[C@H]1[C@@H]2OC3(CCCCC3)O[C@@H]2[C@@H]2O[Si](C(C)C)(C(C)C)O[Si](C(C)C)(C(C)C)O[C@H]2[C@@H]1OP(=O)(OCc1ccccc1)OCc1ccccc1. The van der Waals surface area contributed by atoms with Crippen LogP contribution in [0.15, 0.2) is 60.7 Å². The summed E-state index contributed by atoms with van der Waals surface area (Å²) in [7, 11) is -11.0. The van der Waals surface area contributed by atoms with Gasteiger partial charge in [0.05, 0.1) is 19.6 Å². The van der Waals surface area contributed by atoms with Gasteiger partial charge in [-0.2, -0.15) is 0 Å². The first-order chi connectivity index (χ1) is 27.5. The third-order valence-electron chi connectivity index (χ3n) is 12.1. The molecular weight excluding hydrogens is 796 g/mol. The molecule has 0 unspecified atom stereocenters. The Morgan fingerprint density at radius 2 is 1.16 bits per heavy atom. The Morgan fingerprint density at radius 1 is 0.672 bits per heavy atom. The van der Waals surface area contributed by atoms with Crippen LogP contribution in [0.25, 0.3) is 0 Å². The molecule has 0 N–H and O–H groups in total. The molecule has 1 spiro atoms. The zero-order chi connectivity index (χ0) is 41.9. The number of carbonyl (C=O) groups is 2. The maximum atomic E-state index is 15.4. The van der Waals surface area contributed by atoms with E-state index in [0.29, 0.717) is 12.8 Å². The Balaban J connectivity index is 1.52. The normalized spacial score (nSPS) is 27.7. The van der Waals surface area contributed by atoms with Gasteiger partial charge in [-0.1, -0.05) is 122 Å². The Bertz CT molecular complexity index is 1660. The number of hydrogen-bond donors (Lipinski definition) is 0. The van der Waals surface area contributed by atoms with Crippen LogP contribution >= 0.6 is 7.82 Å². The van der Waals surface area contributed by atoms with Crippen molar-refractivity contribution in [3.8, 4) is 0 Å². The van der Waals surface area contributed by atoms with Crippen LogP contribution in [0.1, 0.15) is 118 Å². The van der Waals surface area contributed by atoms with Crippen LogP contribution in [-0.4, -0.2) is 71.3 Å². The molecule has 322 valence electrons. The Hall–Kier alpha value is -2.08. The van der Waals surface area contributed by atoms with Gasteiger partial charge in [-0.05, 0) is 53.1 Å². The predicted octanol–water partition coefficient (Wildman–Crippen LogP) is 9.98. The van der Waals surface area contributed by atoms with E-state index in [9.17, 15) is 9.59 Å². The lowest BCUT2D eigenvalue weighted by Crippen LogP contribution is -2.67. The minimum atomic E-state index is -4.54. The lowest BCUT2D eigenvalue weighted by Gasteiger charge is -2.48. The molecule has 2 saturated carbocycles. The van der Waals surface area contributed by atoms with E-state index in [2.05, 4.69) is 55.4 Å². The summed E-state index contributed by atoms with van der Waals surface area (Å²) in [6.45, 7) is 18.4. The minimum absolute atomic E-state index is 0.00153. The van der Waals surface area contributed by atoms with Crippen LogP contribution in [0.5, 0.6) is 0 Å². The largest absolute Gasteiger partial charge is 0.475 e. The van der Waals surface area contributed by atoms with E-state index in [0.717, 1.165) is 30.4 Å². The van der Waals surface area contributed by atoms with Gasteiger partial charge in [-0.3, -0.25) is 18.4 Å². The highest BCUT2D eigenvalue weighted by Crippen LogP contribution is 2.58. The zero-order valence-electron chi connectivity index (χ0n) is 35.8. The van der Waals surface area contributed by atoms with Gasteiger partial charge in [0.15, 0.2) is 11.9 Å². The summed E-state index contributed by atoms with van der Waals surface area (Å²) in [5.41, 5.74) is 1.45. The number of rotatable bonds is 16. The fraction of sp³-hybridized carbons (Fsp3) is 0.674. The molecule has 12 nitrogen and oxygen atoms in total. The predicted molar refractivity (Wildman–Crippen MR) is 223 cm³/mol. The fourth-order valence-electron chi connectivity index (χ4n) is 9.03. The monoisotopic (exact) mass is 860 g/mol. The number of ketones is 1. The molecule has 0 aromatic heterocycles. The summed E-state index contributed by atoms with van der Waals surface area (Å²) in [6.07, 6.45) is -1.97. The van der Waals surface area contributed by atoms with Crippen molar-refractivity contribution in [3.63, 3.8) is 0 Å². The second kappa shape index (κ2) is 18.9. The molecule has 58 heavy (non-hydrogen) atoms. The Kier molecular flexibility index (Phi) is 14.8. The third-order valence-corrected chi connectivity index (χ3v) is 23.8. The molecule has 0 bridgehead atoms. The average Bonchev–Trinajstić information content (AvgIpc) is 3.44. The first kappa shape index (κ1) is 45.5. The maximum Gasteiger partial charge on any atom is 0.475 e. The number of carbonyl (C=O) groups excluding carboxylic acids is 2. The number of ether oxygens (including phenoxy) is 3. The lowest BCUT2D eigenvalue weighted by molar-refractivity contribution is -0.209. The van der Waals surface area contributed by atoms with Crippen LogP contribution in [0.3, 0.4) is 0 Å². The van der Waals surface area contributed by atoms with Crippen molar-refractivity contribution in [2.45, 2.75) is 185 Å². The summed E-state index contributed by atoms with van der Waals surface area (Å²) in [4.78, 5) is 25.9. The van der Waals surface area contributed by atoms with E-state index in [1.807, 2.05) is 60.7 Å². The number of hydrogen-bond acceptors (Lipinski definition) is 12. The summed E-state index contributed by atoms with van der Waals surface area (Å²) in [5.74, 6) is -1.72. The van der Waals surface area contributed by atoms with Crippen molar-refractivity contribution in [2.24, 2.45) is 0 Å². The summed E-state index contributed by atoms with van der Waals surface area (Å²) in [5, 5.41) is 0. The second-order valence-electron chi connectivity index (χ2n) is 17.7. The molecule has 2 aliphatic carbocycles. The molecule has 15 heteroatoms. The topological polar surface area (TPSA) is 134 Å². The molecule has 4 fully saturated rings. The molecule has 2 aromatic rings. The minimum Gasteiger partial charge on any atom is -0.457 e. The van der Waals surface area contributed by atoms with Crippen LogP contribution in [0, 0.1) is 0 Å². The zero-order valence-corrected chi connectivity index (χ0v) is 38.7. The fourth-order valence-corrected chi connectivity index (χ4v) is 21.7. The molecular formula is C43H65O12PSi2. The number of phosphoric ester groups is 1. The maximum absolute atomic E-state index is 15.4. The number of Topliss-reactive ketones (excluding diaryl/α,β-unsaturated/α-hetero) is 1. The number of esters is 1. The summed E-state index contributed by atoms with van der Waals surface area (Å²) < 4.78 is 77.8. The van der Waals surface area contributed by atoms with Crippen molar-refractivity contribution < 1.29 is 54.9 Å². The quantitative estimate of drug-likeness (QED) is 0.0904. The highest BCUT2D eigenvalue weighted by molar-refractivity contribution is 7.48. The van der Waals surface area contributed by atoms with E-state index < -0.39 is 73.3 Å². The average molecular weight is 861 g/mol. The van der Waals surface area contributed by atoms with Gasteiger partial charge in [0.25, 0.3) is 0 Å². The van der Waals surface area contributed by atoms with Gasteiger partial charge in [0, 0.05) is 19.3 Å². The smallest absolute Gasteiger partial charge is 0.457 e. The standard InChI is InChI=1S/C43H65O12PSi2/c1-29(2)57(30(3)4)53-41-39-38(50-43(51-39)25-17-12-18-26-43)37(49-36(45)24-23-33(9)44)40(42(41)54-58(55-57,31(5)6)32(7)8)52-56(46,47-27-34-19-13-10-14-20-34)48-28-35-21-15-11-16-22-35/h10-11,13-16,19-22,29-32,37-42H,12,17-18,23-28H2,1-9H3/t37-,38-,39-,40+,41-,42-/m0/s1. The van der Waals surface area contributed by atoms with Crippen molar-refractivity contribution >= 4 is 36.7 Å². The summed E-state index contributed by atoms with van der Waals surface area (Å²) >= 11 is 0. The second-order valence-corrected chi connectivity index (χ2v) is 28.1. The molecule has 0 radical (unpaired) electrons. The Labute approximate surface area is 347 Å². The molecule has 4 aliphatic rings. The van der Waals surface area contributed by atoms with Gasteiger partial charge in [0.1, 0.15) is 36.3 Å². The van der Waals surface area contributed by atoms with Crippen molar-refractivity contribution in [1.82, 2.24) is 0 Å². The highest BCUT2D eigenvalue weighted by Gasteiger charge is 2.70. The van der Waals surface area contributed by atoms with E-state index in [-0.39, 0.29) is 54.0 Å². The highest BCUT2D eigenvalue weighted by atomic mass is 31.2. The number of fused-ring (bicyclic) bond motifs is 3.